The number of benzene rings is 2. The molecule has 0 fully saturated rings. The molecular formula is C16H16INO2S. The van der Waals surface area contributed by atoms with Gasteiger partial charge in [-0.15, -0.1) is 0 Å². The number of nitrogens with zero attached hydrogens (tertiary/aromatic N) is 1. The van der Waals surface area contributed by atoms with Crippen LogP contribution in [0.1, 0.15) is 12.5 Å². The first-order valence-electron chi connectivity index (χ1n) is 6.40. The molecule has 0 aliphatic carbocycles. The van der Waals surface area contributed by atoms with E-state index in [1.165, 1.54) is 4.31 Å². The molecule has 0 N–H and O–H groups in total. The van der Waals surface area contributed by atoms with Crippen molar-refractivity contribution in [3.8, 4) is 0 Å². The molecule has 0 saturated carbocycles. The van der Waals surface area contributed by atoms with Crippen LogP contribution in [-0.2, 0) is 10.0 Å². The lowest BCUT2D eigenvalue weighted by atomic mass is 10.2. The molecule has 0 unspecified atom stereocenters. The first-order valence-corrected chi connectivity index (χ1v) is 8.91. The van der Waals surface area contributed by atoms with Gasteiger partial charge in [-0.05, 0) is 53.3 Å². The van der Waals surface area contributed by atoms with Gasteiger partial charge in [-0.3, -0.25) is 4.31 Å². The summed E-state index contributed by atoms with van der Waals surface area (Å²) in [6.07, 6.45) is 1.68. The van der Waals surface area contributed by atoms with E-state index in [9.17, 15) is 8.42 Å². The van der Waals surface area contributed by atoms with Crippen molar-refractivity contribution in [3.63, 3.8) is 0 Å². The highest BCUT2D eigenvalue weighted by Crippen LogP contribution is 2.26. The summed E-state index contributed by atoms with van der Waals surface area (Å²) in [7, 11) is -1.94. The Balaban J connectivity index is 2.38. The predicted octanol–water partition coefficient (Wildman–Crippen LogP) is 4.12. The molecule has 0 atom stereocenters. The van der Waals surface area contributed by atoms with E-state index in [1.54, 1.807) is 26.1 Å². The molecule has 0 aliphatic rings. The van der Waals surface area contributed by atoms with Crippen molar-refractivity contribution in [1.82, 2.24) is 0 Å². The third-order valence-electron chi connectivity index (χ3n) is 3.13. The van der Waals surface area contributed by atoms with Crippen molar-refractivity contribution in [3.05, 3.63) is 68.6 Å². The molecular weight excluding hydrogens is 397 g/mol. The summed E-state index contributed by atoms with van der Waals surface area (Å²) in [5.41, 5.74) is 1.55. The number of rotatable bonds is 4. The van der Waals surface area contributed by atoms with Crippen LogP contribution in [0, 0.1) is 3.57 Å². The molecule has 0 radical (unpaired) electrons. The van der Waals surface area contributed by atoms with E-state index in [1.807, 2.05) is 48.5 Å². The average Bonchev–Trinajstić information content (AvgIpc) is 2.48. The van der Waals surface area contributed by atoms with E-state index in [-0.39, 0.29) is 0 Å². The lowest BCUT2D eigenvalue weighted by molar-refractivity contribution is 0.600. The molecule has 2 aromatic rings. The fourth-order valence-corrected chi connectivity index (χ4v) is 3.96. The molecule has 0 saturated heterocycles. The summed E-state index contributed by atoms with van der Waals surface area (Å²) in [6.45, 7) is 1.62. The van der Waals surface area contributed by atoms with E-state index >= 15 is 0 Å². The first-order chi connectivity index (χ1) is 9.93. The summed E-state index contributed by atoms with van der Waals surface area (Å²) < 4.78 is 27.5. The van der Waals surface area contributed by atoms with Crippen molar-refractivity contribution in [2.24, 2.45) is 0 Å². The number of hydrogen-bond acceptors (Lipinski definition) is 2. The average molecular weight is 413 g/mol. The molecule has 21 heavy (non-hydrogen) atoms. The standard InChI is InChI=1S/C16H16INO2S/c1-13(12-14-8-4-3-5-9-14)21(19,20)18(2)16-11-7-6-10-15(16)17/h3-12H,1-2H3/b13-12+. The van der Waals surface area contributed by atoms with Crippen LogP contribution in [0.3, 0.4) is 0 Å². The van der Waals surface area contributed by atoms with Gasteiger partial charge >= 0.3 is 0 Å². The molecule has 0 aromatic heterocycles. The van der Waals surface area contributed by atoms with Crippen molar-refractivity contribution < 1.29 is 8.42 Å². The van der Waals surface area contributed by atoms with Gasteiger partial charge in [0.15, 0.2) is 0 Å². The van der Waals surface area contributed by atoms with E-state index in [0.717, 1.165) is 9.13 Å². The number of allylic oxidation sites excluding steroid dienone is 1. The van der Waals surface area contributed by atoms with Gasteiger partial charge in [0.2, 0.25) is 0 Å². The lowest BCUT2D eigenvalue weighted by Crippen LogP contribution is -2.27. The number of halogens is 1. The van der Waals surface area contributed by atoms with Crippen molar-refractivity contribution in [2.75, 3.05) is 11.4 Å². The molecule has 110 valence electrons. The Labute approximate surface area is 139 Å². The minimum absolute atomic E-state index is 0.316. The Bertz CT molecular complexity index is 755. The Morgan fingerprint density at radius 2 is 1.62 bits per heavy atom. The highest BCUT2D eigenvalue weighted by atomic mass is 127. The molecule has 0 amide bonds. The Morgan fingerprint density at radius 1 is 1.05 bits per heavy atom. The molecule has 0 spiro atoms. The first kappa shape index (κ1) is 16.0. The van der Waals surface area contributed by atoms with Crippen LogP contribution in [0.5, 0.6) is 0 Å². The zero-order chi connectivity index (χ0) is 15.5. The van der Waals surface area contributed by atoms with Gasteiger partial charge in [0, 0.05) is 10.6 Å². The third kappa shape index (κ3) is 3.65. The molecule has 0 heterocycles. The second-order valence-electron chi connectivity index (χ2n) is 4.59. The largest absolute Gasteiger partial charge is 0.269 e. The van der Waals surface area contributed by atoms with Crippen LogP contribution in [0.4, 0.5) is 5.69 Å². The Hall–Kier alpha value is -1.34. The van der Waals surface area contributed by atoms with Gasteiger partial charge in [-0.25, -0.2) is 8.42 Å². The maximum absolute atomic E-state index is 12.6. The van der Waals surface area contributed by atoms with Crippen molar-refractivity contribution in [2.45, 2.75) is 6.92 Å². The minimum atomic E-state index is -3.52. The van der Waals surface area contributed by atoms with Gasteiger partial charge in [-0.2, -0.15) is 0 Å². The van der Waals surface area contributed by atoms with Gasteiger partial charge in [-0.1, -0.05) is 42.5 Å². The van der Waals surface area contributed by atoms with Crippen LogP contribution in [0.2, 0.25) is 0 Å². The van der Waals surface area contributed by atoms with Crippen LogP contribution < -0.4 is 4.31 Å². The third-order valence-corrected chi connectivity index (χ3v) is 5.89. The van der Waals surface area contributed by atoms with Gasteiger partial charge in [0.05, 0.1) is 10.6 Å². The fourth-order valence-electron chi connectivity index (χ4n) is 1.91. The zero-order valence-corrected chi connectivity index (χ0v) is 14.8. The summed E-state index contributed by atoms with van der Waals surface area (Å²) in [4.78, 5) is 0.316. The topological polar surface area (TPSA) is 37.4 Å². The van der Waals surface area contributed by atoms with Crippen LogP contribution >= 0.6 is 22.6 Å². The normalized spacial score (nSPS) is 12.2. The molecule has 0 bridgehead atoms. The van der Waals surface area contributed by atoms with Gasteiger partial charge < -0.3 is 0 Å². The zero-order valence-electron chi connectivity index (χ0n) is 11.8. The van der Waals surface area contributed by atoms with E-state index < -0.39 is 10.0 Å². The highest BCUT2D eigenvalue weighted by molar-refractivity contribution is 14.1. The predicted molar refractivity (Wildman–Crippen MR) is 96.6 cm³/mol. The Morgan fingerprint density at radius 3 is 2.24 bits per heavy atom. The van der Waals surface area contributed by atoms with E-state index in [0.29, 0.717) is 10.6 Å². The van der Waals surface area contributed by atoms with Crippen LogP contribution in [0.25, 0.3) is 6.08 Å². The Kier molecular flexibility index (Phi) is 5.05. The minimum Gasteiger partial charge on any atom is -0.269 e. The van der Waals surface area contributed by atoms with E-state index in [4.69, 9.17) is 0 Å². The monoisotopic (exact) mass is 413 g/mol. The number of para-hydroxylation sites is 1. The highest BCUT2D eigenvalue weighted by Gasteiger charge is 2.22. The maximum Gasteiger partial charge on any atom is 0.259 e. The summed E-state index contributed by atoms with van der Waals surface area (Å²) in [5.74, 6) is 0. The molecule has 2 aromatic carbocycles. The molecule has 3 nitrogen and oxygen atoms in total. The SMILES string of the molecule is C/C(=C\c1ccccc1)S(=O)(=O)N(C)c1ccccc1I. The fraction of sp³-hybridized carbons (Fsp3) is 0.125. The van der Waals surface area contributed by atoms with E-state index in [2.05, 4.69) is 22.6 Å². The smallest absolute Gasteiger partial charge is 0.259 e. The number of sulfonamides is 1. The molecule has 0 aliphatic heterocycles. The van der Waals surface area contributed by atoms with Crippen molar-refractivity contribution in [1.29, 1.82) is 0 Å². The summed E-state index contributed by atoms with van der Waals surface area (Å²) >= 11 is 2.14. The summed E-state index contributed by atoms with van der Waals surface area (Å²) in [5, 5.41) is 0. The molecule has 5 heteroatoms. The number of anilines is 1. The second kappa shape index (κ2) is 6.62. The van der Waals surface area contributed by atoms with Gasteiger partial charge in [0.25, 0.3) is 10.0 Å². The number of hydrogen-bond donors (Lipinski definition) is 0. The van der Waals surface area contributed by atoms with Gasteiger partial charge in [0.1, 0.15) is 0 Å². The van der Waals surface area contributed by atoms with Crippen LogP contribution in [-0.4, -0.2) is 15.5 Å². The van der Waals surface area contributed by atoms with Crippen molar-refractivity contribution >= 4 is 44.4 Å². The summed E-state index contributed by atoms with van der Waals surface area (Å²) in [6, 6.07) is 16.8. The van der Waals surface area contributed by atoms with Crippen LogP contribution in [0.15, 0.2) is 59.5 Å². The second-order valence-corrected chi connectivity index (χ2v) is 7.89. The maximum atomic E-state index is 12.6. The lowest BCUT2D eigenvalue weighted by Gasteiger charge is -2.21. The molecule has 2 rings (SSSR count). The quantitative estimate of drug-likeness (QED) is 0.708.